The van der Waals surface area contributed by atoms with Crippen molar-refractivity contribution < 1.29 is 0 Å². The van der Waals surface area contributed by atoms with Crippen LogP contribution in [-0.2, 0) is 0 Å². The highest BCUT2D eigenvalue weighted by Crippen LogP contribution is 2.06. The monoisotopic (exact) mass is 208 g/mol. The average Bonchev–Trinajstić information content (AvgIpc) is 2.42. The summed E-state index contributed by atoms with van der Waals surface area (Å²) in [5.41, 5.74) is 0.998. The van der Waals surface area contributed by atoms with E-state index in [-0.39, 0.29) is 0 Å². The first-order chi connectivity index (χ1) is 7.97. The number of para-hydroxylation sites is 1. The van der Waals surface area contributed by atoms with Gasteiger partial charge in [0, 0.05) is 11.6 Å². The van der Waals surface area contributed by atoms with E-state index in [0.717, 1.165) is 10.9 Å². The lowest BCUT2D eigenvalue weighted by Gasteiger charge is -1.90. The van der Waals surface area contributed by atoms with Gasteiger partial charge in [0.2, 0.25) is 0 Å². The van der Waals surface area contributed by atoms with Crippen LogP contribution in [0.4, 0.5) is 0 Å². The number of aromatic nitrogens is 2. The third kappa shape index (κ3) is 2.89. The minimum atomic E-state index is 0.998. The second-order valence-electron chi connectivity index (χ2n) is 3.24. The number of rotatable bonds is 0. The van der Waals surface area contributed by atoms with E-state index in [2.05, 4.69) is 9.97 Å². The third-order valence-corrected chi connectivity index (χ3v) is 2.08. The Morgan fingerprint density at radius 1 is 0.688 bits per heavy atom. The number of benzene rings is 2. The van der Waals surface area contributed by atoms with Gasteiger partial charge in [-0.2, -0.15) is 0 Å². The molecule has 2 heteroatoms. The molecular formula is C14H12N2. The van der Waals surface area contributed by atoms with Crippen LogP contribution < -0.4 is 0 Å². The van der Waals surface area contributed by atoms with E-state index in [1.807, 2.05) is 66.9 Å². The van der Waals surface area contributed by atoms with Crippen molar-refractivity contribution in [2.75, 3.05) is 0 Å². The Balaban J connectivity index is 0.000000138. The molecule has 0 amide bonds. The lowest BCUT2D eigenvalue weighted by molar-refractivity contribution is 1.22. The average molecular weight is 208 g/mol. The van der Waals surface area contributed by atoms with E-state index in [4.69, 9.17) is 0 Å². The van der Waals surface area contributed by atoms with Gasteiger partial charge in [-0.05, 0) is 6.07 Å². The van der Waals surface area contributed by atoms with Crippen molar-refractivity contribution in [2.45, 2.75) is 0 Å². The number of hydrogen-bond acceptors (Lipinski definition) is 2. The smallest absolute Gasteiger partial charge is 0.116 e. The maximum Gasteiger partial charge on any atom is 0.116 e. The minimum Gasteiger partial charge on any atom is -0.244 e. The lowest BCUT2D eigenvalue weighted by Crippen LogP contribution is -1.77. The normalized spacial score (nSPS) is 9.25. The van der Waals surface area contributed by atoms with Gasteiger partial charge < -0.3 is 0 Å². The summed E-state index contributed by atoms with van der Waals surface area (Å²) in [5, 5.41) is 1.09. The Kier molecular flexibility index (Phi) is 3.61. The molecule has 0 N–H and O–H groups in total. The fraction of sp³-hybridized carbons (Fsp3) is 0. The standard InChI is InChI=1S/C8H6N2.C6H6/c1-2-4-8-7(3-1)5-9-6-10-8;1-2-4-6-5-3-1/h1-6H;1-6H. The number of fused-ring (bicyclic) bond motifs is 1. The largest absolute Gasteiger partial charge is 0.244 e. The quantitative estimate of drug-likeness (QED) is 0.566. The van der Waals surface area contributed by atoms with Gasteiger partial charge in [-0.3, -0.25) is 0 Å². The SMILES string of the molecule is c1ccc2ncncc2c1.c1ccccc1. The molecule has 0 aliphatic rings. The van der Waals surface area contributed by atoms with Crippen LogP contribution in [0.15, 0.2) is 73.2 Å². The van der Waals surface area contributed by atoms with Crippen LogP contribution in [0.3, 0.4) is 0 Å². The summed E-state index contributed by atoms with van der Waals surface area (Å²) in [5.74, 6) is 0. The second kappa shape index (κ2) is 5.61. The highest BCUT2D eigenvalue weighted by molar-refractivity contribution is 5.76. The summed E-state index contributed by atoms with van der Waals surface area (Å²) in [4.78, 5) is 7.97. The Hall–Kier alpha value is -2.22. The van der Waals surface area contributed by atoms with Gasteiger partial charge in [0.05, 0.1) is 5.52 Å². The molecule has 2 nitrogen and oxygen atoms in total. The Morgan fingerprint density at radius 3 is 1.94 bits per heavy atom. The van der Waals surface area contributed by atoms with Crippen molar-refractivity contribution in [1.29, 1.82) is 0 Å². The summed E-state index contributed by atoms with van der Waals surface area (Å²) in [6.45, 7) is 0. The van der Waals surface area contributed by atoms with Gasteiger partial charge in [-0.15, -0.1) is 0 Å². The summed E-state index contributed by atoms with van der Waals surface area (Å²) in [7, 11) is 0. The summed E-state index contributed by atoms with van der Waals surface area (Å²) in [6.07, 6.45) is 3.37. The molecule has 0 bridgehead atoms. The first kappa shape index (κ1) is 10.3. The molecule has 0 atom stereocenters. The van der Waals surface area contributed by atoms with E-state index in [1.165, 1.54) is 0 Å². The maximum atomic E-state index is 4.07. The molecule has 3 aromatic rings. The van der Waals surface area contributed by atoms with Crippen molar-refractivity contribution >= 4 is 10.9 Å². The van der Waals surface area contributed by atoms with Crippen LogP contribution in [0, 0.1) is 0 Å². The Bertz CT molecular complexity index is 443. The molecule has 0 unspecified atom stereocenters. The Labute approximate surface area is 94.6 Å². The fourth-order valence-corrected chi connectivity index (χ4v) is 1.31. The first-order valence-corrected chi connectivity index (χ1v) is 5.11. The molecule has 16 heavy (non-hydrogen) atoms. The van der Waals surface area contributed by atoms with E-state index in [9.17, 15) is 0 Å². The molecule has 0 saturated carbocycles. The van der Waals surface area contributed by atoms with E-state index >= 15 is 0 Å². The molecule has 0 spiro atoms. The van der Waals surface area contributed by atoms with Crippen LogP contribution in [0.5, 0.6) is 0 Å². The molecule has 0 radical (unpaired) electrons. The van der Waals surface area contributed by atoms with E-state index in [1.54, 1.807) is 6.33 Å². The predicted octanol–water partition coefficient (Wildman–Crippen LogP) is 3.32. The molecule has 3 rings (SSSR count). The highest BCUT2D eigenvalue weighted by Gasteiger charge is 1.87. The Morgan fingerprint density at radius 2 is 1.31 bits per heavy atom. The highest BCUT2D eigenvalue weighted by atomic mass is 14.8. The van der Waals surface area contributed by atoms with Gasteiger partial charge in [0.15, 0.2) is 0 Å². The number of hydrogen-bond donors (Lipinski definition) is 0. The zero-order valence-corrected chi connectivity index (χ0v) is 8.82. The maximum absolute atomic E-state index is 4.07. The summed E-state index contributed by atoms with van der Waals surface area (Å²) >= 11 is 0. The molecule has 2 aromatic carbocycles. The van der Waals surface area contributed by atoms with Gasteiger partial charge >= 0.3 is 0 Å². The third-order valence-electron chi connectivity index (χ3n) is 2.08. The lowest BCUT2D eigenvalue weighted by atomic mass is 10.2. The van der Waals surface area contributed by atoms with Crippen LogP contribution in [0.2, 0.25) is 0 Å². The van der Waals surface area contributed by atoms with Crippen molar-refractivity contribution in [2.24, 2.45) is 0 Å². The molecule has 0 aliphatic heterocycles. The van der Waals surface area contributed by atoms with Crippen LogP contribution in [-0.4, -0.2) is 9.97 Å². The van der Waals surface area contributed by atoms with Crippen molar-refractivity contribution in [3.8, 4) is 0 Å². The van der Waals surface area contributed by atoms with Crippen molar-refractivity contribution in [1.82, 2.24) is 9.97 Å². The molecule has 0 saturated heterocycles. The predicted molar refractivity (Wildman–Crippen MR) is 66.0 cm³/mol. The molecule has 0 aliphatic carbocycles. The summed E-state index contributed by atoms with van der Waals surface area (Å²) in [6, 6.07) is 19.9. The zero-order chi connectivity index (χ0) is 11.1. The van der Waals surface area contributed by atoms with E-state index in [0.29, 0.717) is 0 Å². The van der Waals surface area contributed by atoms with Gasteiger partial charge in [-0.25, -0.2) is 9.97 Å². The van der Waals surface area contributed by atoms with Crippen molar-refractivity contribution in [3.63, 3.8) is 0 Å². The first-order valence-electron chi connectivity index (χ1n) is 5.11. The van der Waals surface area contributed by atoms with Crippen LogP contribution in [0.1, 0.15) is 0 Å². The summed E-state index contributed by atoms with van der Waals surface area (Å²) < 4.78 is 0. The van der Waals surface area contributed by atoms with Gasteiger partial charge in [-0.1, -0.05) is 54.6 Å². The topological polar surface area (TPSA) is 25.8 Å². The molecule has 1 heterocycles. The molecular weight excluding hydrogens is 196 g/mol. The van der Waals surface area contributed by atoms with Gasteiger partial charge in [0.1, 0.15) is 6.33 Å². The molecule has 1 aromatic heterocycles. The van der Waals surface area contributed by atoms with Gasteiger partial charge in [0.25, 0.3) is 0 Å². The zero-order valence-electron chi connectivity index (χ0n) is 8.82. The number of nitrogens with zero attached hydrogens (tertiary/aromatic N) is 2. The van der Waals surface area contributed by atoms with Crippen LogP contribution >= 0.6 is 0 Å². The minimum absolute atomic E-state index is 0.998. The fourth-order valence-electron chi connectivity index (χ4n) is 1.31. The molecule has 78 valence electrons. The molecule has 0 fully saturated rings. The van der Waals surface area contributed by atoms with E-state index < -0.39 is 0 Å². The second-order valence-corrected chi connectivity index (χ2v) is 3.24. The van der Waals surface area contributed by atoms with Crippen molar-refractivity contribution in [3.05, 3.63) is 73.2 Å². The van der Waals surface area contributed by atoms with Crippen LogP contribution in [0.25, 0.3) is 10.9 Å².